The highest BCUT2D eigenvalue weighted by Crippen LogP contribution is 2.49. The Hall–Kier alpha value is -5.67. The van der Waals surface area contributed by atoms with Crippen molar-refractivity contribution in [3.8, 4) is 67.5 Å². The molecule has 1 aliphatic carbocycles. The smallest absolute Gasteiger partial charge is 0.164 e. The highest BCUT2D eigenvalue weighted by Gasteiger charge is 2.35. The Kier molecular flexibility index (Phi) is 6.46. The molecule has 8 rings (SSSR count). The maximum Gasteiger partial charge on any atom is 0.164 e. The molecule has 0 aliphatic heterocycles. The van der Waals surface area contributed by atoms with Crippen molar-refractivity contribution < 1.29 is 0 Å². The average Bonchev–Trinajstić information content (AvgIpc) is 3.34. The van der Waals surface area contributed by atoms with Crippen LogP contribution in [0.4, 0.5) is 0 Å². The third kappa shape index (κ3) is 4.83. The van der Waals surface area contributed by atoms with E-state index in [1.807, 2.05) is 60.7 Å². The number of hydrogen-bond acceptors (Lipinski definition) is 3. The molecule has 3 nitrogen and oxygen atoms in total. The third-order valence-corrected chi connectivity index (χ3v) is 8.96. The normalized spacial score (nSPS) is 12.8. The summed E-state index contributed by atoms with van der Waals surface area (Å²) < 4.78 is 0. The van der Waals surface area contributed by atoms with Crippen molar-refractivity contribution in [2.75, 3.05) is 0 Å². The minimum absolute atomic E-state index is 0.0155. The Labute approximate surface area is 264 Å². The highest BCUT2D eigenvalue weighted by molar-refractivity contribution is 5.85. The van der Waals surface area contributed by atoms with Gasteiger partial charge < -0.3 is 0 Å². The summed E-state index contributed by atoms with van der Waals surface area (Å²) >= 11 is 0. The first-order valence-electron chi connectivity index (χ1n) is 15.4. The molecule has 0 amide bonds. The molecule has 6 aromatic carbocycles. The van der Waals surface area contributed by atoms with Gasteiger partial charge in [-0.2, -0.15) is 0 Å². The van der Waals surface area contributed by atoms with E-state index < -0.39 is 0 Å². The Morgan fingerprint density at radius 3 is 1.40 bits per heavy atom. The molecule has 0 N–H and O–H groups in total. The molecule has 0 saturated heterocycles. The van der Waals surface area contributed by atoms with Crippen LogP contribution < -0.4 is 0 Å². The van der Waals surface area contributed by atoms with Crippen molar-refractivity contribution in [3.05, 3.63) is 163 Å². The van der Waals surface area contributed by atoms with Crippen molar-refractivity contribution in [2.24, 2.45) is 0 Å². The fraction of sp³-hybridized carbons (Fsp3) is 0.0714. The molecular weight excluding hydrogens is 546 g/mol. The standard InChI is InChI=1S/C42H31N3/c1-42(2)37-19-10-9-18-35(37)36-27-33(24-25-38(36)42)29-22-20-28(21-23-29)32-16-11-17-34(26-32)41-44-39(30-12-5-3-6-13-30)43-40(45-41)31-14-7-4-8-15-31/h3-27H,1-2H3. The van der Waals surface area contributed by atoms with Gasteiger partial charge >= 0.3 is 0 Å². The van der Waals surface area contributed by atoms with Crippen molar-refractivity contribution in [3.63, 3.8) is 0 Å². The fourth-order valence-corrected chi connectivity index (χ4v) is 6.53. The van der Waals surface area contributed by atoms with E-state index in [-0.39, 0.29) is 5.41 Å². The van der Waals surface area contributed by atoms with Gasteiger partial charge in [0, 0.05) is 22.1 Å². The van der Waals surface area contributed by atoms with Gasteiger partial charge in [-0.25, -0.2) is 15.0 Å². The second kappa shape index (κ2) is 10.8. The summed E-state index contributed by atoms with van der Waals surface area (Å²) in [5.41, 5.74) is 13.1. The largest absolute Gasteiger partial charge is 0.208 e. The lowest BCUT2D eigenvalue weighted by Crippen LogP contribution is -2.14. The van der Waals surface area contributed by atoms with E-state index in [1.54, 1.807) is 0 Å². The van der Waals surface area contributed by atoms with Gasteiger partial charge in [0.25, 0.3) is 0 Å². The van der Waals surface area contributed by atoms with Gasteiger partial charge in [0.2, 0.25) is 0 Å². The molecule has 0 unspecified atom stereocenters. The first kappa shape index (κ1) is 26.9. The van der Waals surface area contributed by atoms with E-state index in [0.29, 0.717) is 17.5 Å². The van der Waals surface area contributed by atoms with Crippen LogP contribution in [0.3, 0.4) is 0 Å². The quantitative estimate of drug-likeness (QED) is 0.204. The molecule has 0 bridgehead atoms. The Bertz CT molecular complexity index is 2110. The lowest BCUT2D eigenvalue weighted by Gasteiger charge is -2.21. The van der Waals surface area contributed by atoms with Gasteiger partial charge in [0.05, 0.1) is 0 Å². The maximum atomic E-state index is 4.92. The third-order valence-electron chi connectivity index (χ3n) is 8.96. The Balaban J connectivity index is 1.14. The van der Waals surface area contributed by atoms with E-state index in [1.165, 1.54) is 33.4 Å². The predicted octanol–water partition coefficient (Wildman–Crippen LogP) is 10.5. The SMILES string of the molecule is CC1(C)c2ccccc2-c2cc(-c3ccc(-c4cccc(-c5nc(-c6ccccc6)nc(-c6ccccc6)n5)c4)cc3)ccc21. The molecule has 1 heterocycles. The van der Waals surface area contributed by atoms with Crippen molar-refractivity contribution in [1.82, 2.24) is 15.0 Å². The van der Waals surface area contributed by atoms with Crippen LogP contribution in [0.5, 0.6) is 0 Å². The second-order valence-corrected chi connectivity index (χ2v) is 12.1. The van der Waals surface area contributed by atoms with Crippen molar-refractivity contribution in [1.29, 1.82) is 0 Å². The van der Waals surface area contributed by atoms with Gasteiger partial charge in [-0.1, -0.05) is 153 Å². The molecule has 0 spiro atoms. The summed E-state index contributed by atoms with van der Waals surface area (Å²) in [6.07, 6.45) is 0. The molecule has 0 atom stereocenters. The monoisotopic (exact) mass is 577 g/mol. The van der Waals surface area contributed by atoms with Gasteiger partial charge in [0.1, 0.15) is 0 Å². The predicted molar refractivity (Wildman–Crippen MR) is 185 cm³/mol. The average molecular weight is 578 g/mol. The van der Waals surface area contributed by atoms with Crippen LogP contribution >= 0.6 is 0 Å². The summed E-state index contributed by atoms with van der Waals surface area (Å²) in [7, 11) is 0. The van der Waals surface area contributed by atoms with Gasteiger partial charge in [-0.3, -0.25) is 0 Å². The van der Waals surface area contributed by atoms with Crippen LogP contribution in [-0.2, 0) is 5.41 Å². The number of hydrogen-bond donors (Lipinski definition) is 0. The van der Waals surface area contributed by atoms with E-state index in [9.17, 15) is 0 Å². The molecule has 0 radical (unpaired) electrons. The van der Waals surface area contributed by atoms with Crippen LogP contribution in [0.1, 0.15) is 25.0 Å². The number of fused-ring (bicyclic) bond motifs is 3. The summed E-state index contributed by atoms with van der Waals surface area (Å²) in [6.45, 7) is 4.64. The van der Waals surface area contributed by atoms with Crippen LogP contribution in [0.15, 0.2) is 152 Å². The summed E-state index contributed by atoms with van der Waals surface area (Å²) in [5.74, 6) is 1.98. The molecule has 3 heteroatoms. The number of rotatable bonds is 5. The minimum Gasteiger partial charge on any atom is -0.208 e. The first-order chi connectivity index (χ1) is 22.0. The molecule has 1 aliphatic rings. The zero-order chi connectivity index (χ0) is 30.4. The number of benzene rings is 6. The molecule has 1 aromatic heterocycles. The zero-order valence-electron chi connectivity index (χ0n) is 25.3. The molecular formula is C42H31N3. The number of nitrogens with zero attached hydrogens (tertiary/aromatic N) is 3. The van der Waals surface area contributed by atoms with Crippen LogP contribution in [-0.4, -0.2) is 15.0 Å². The molecule has 7 aromatic rings. The van der Waals surface area contributed by atoms with Crippen LogP contribution in [0, 0.1) is 0 Å². The van der Waals surface area contributed by atoms with Gasteiger partial charge in [-0.15, -0.1) is 0 Å². The number of aromatic nitrogens is 3. The topological polar surface area (TPSA) is 38.7 Å². The minimum atomic E-state index is 0.0155. The molecule has 0 saturated carbocycles. The highest BCUT2D eigenvalue weighted by atomic mass is 15.0. The van der Waals surface area contributed by atoms with Crippen LogP contribution in [0.25, 0.3) is 67.5 Å². The van der Waals surface area contributed by atoms with E-state index in [2.05, 4.69) is 105 Å². The summed E-state index contributed by atoms with van der Waals surface area (Å²) in [6, 6.07) is 53.2. The lowest BCUT2D eigenvalue weighted by molar-refractivity contribution is 0.660. The lowest BCUT2D eigenvalue weighted by atomic mass is 9.82. The molecule has 0 fully saturated rings. The summed E-state index contributed by atoms with van der Waals surface area (Å²) in [4.78, 5) is 14.7. The van der Waals surface area contributed by atoms with Crippen molar-refractivity contribution in [2.45, 2.75) is 19.3 Å². The zero-order valence-corrected chi connectivity index (χ0v) is 25.3. The first-order valence-corrected chi connectivity index (χ1v) is 15.4. The molecule has 45 heavy (non-hydrogen) atoms. The van der Waals surface area contributed by atoms with Crippen molar-refractivity contribution >= 4 is 0 Å². The summed E-state index contributed by atoms with van der Waals surface area (Å²) in [5, 5.41) is 0. The maximum absolute atomic E-state index is 4.92. The van der Waals surface area contributed by atoms with E-state index in [4.69, 9.17) is 15.0 Å². The van der Waals surface area contributed by atoms with Gasteiger partial charge in [0.15, 0.2) is 17.5 Å². The van der Waals surface area contributed by atoms with E-state index in [0.717, 1.165) is 27.8 Å². The fourth-order valence-electron chi connectivity index (χ4n) is 6.53. The van der Waals surface area contributed by atoms with Crippen LogP contribution in [0.2, 0.25) is 0 Å². The second-order valence-electron chi connectivity index (χ2n) is 12.1. The molecule has 214 valence electrons. The van der Waals surface area contributed by atoms with E-state index >= 15 is 0 Å². The van der Waals surface area contributed by atoms with Gasteiger partial charge in [-0.05, 0) is 56.6 Å². The Morgan fingerprint density at radius 1 is 0.333 bits per heavy atom. The Morgan fingerprint density at radius 2 is 0.778 bits per heavy atom.